The second-order valence-corrected chi connectivity index (χ2v) is 8.90. The topological polar surface area (TPSA) is 96.2 Å². The molecule has 3 N–H and O–H groups in total. The van der Waals surface area contributed by atoms with Gasteiger partial charge in [-0.25, -0.2) is 0 Å². The van der Waals surface area contributed by atoms with Gasteiger partial charge in [-0.2, -0.15) is 0 Å². The molecule has 0 spiro atoms. The van der Waals surface area contributed by atoms with Crippen molar-refractivity contribution in [3.05, 3.63) is 0 Å². The van der Waals surface area contributed by atoms with Crippen molar-refractivity contribution in [1.29, 1.82) is 0 Å². The number of aliphatic hydroxyl groups is 2. The summed E-state index contributed by atoms with van der Waals surface area (Å²) in [7, 11) is 0. The molecule has 0 amide bonds. The lowest BCUT2D eigenvalue weighted by molar-refractivity contribution is -0.261. The van der Waals surface area contributed by atoms with E-state index in [1.54, 1.807) is 6.92 Å². The molecule has 0 aromatic heterocycles. The minimum atomic E-state index is -0.736. The maximum Gasteiger partial charge on any atom is 0.303 e. The zero-order valence-electron chi connectivity index (χ0n) is 19.1. The summed E-state index contributed by atoms with van der Waals surface area (Å²) >= 11 is 0. The fraction of sp³-hybridized carbons (Fsp3) is 0.958. The summed E-state index contributed by atoms with van der Waals surface area (Å²) in [6.45, 7) is 2.41. The molecular formula is C24H46O6. The van der Waals surface area contributed by atoms with Gasteiger partial charge in [0.1, 0.15) is 6.10 Å². The second kappa shape index (κ2) is 17.9. The molecule has 1 fully saturated rings. The first kappa shape index (κ1) is 27.3. The lowest BCUT2D eigenvalue weighted by atomic mass is 10.0. The quantitative estimate of drug-likeness (QED) is 0.244. The van der Waals surface area contributed by atoms with Gasteiger partial charge in [-0.3, -0.25) is 4.79 Å². The second-order valence-electron chi connectivity index (χ2n) is 8.90. The molecule has 1 aliphatic heterocycles. The number of unbranched alkanes of at least 4 members (excludes halogenated alkanes) is 14. The Labute approximate surface area is 183 Å². The Hall–Kier alpha value is -0.690. The third kappa shape index (κ3) is 14.3. The number of aliphatic carboxylic acids is 1. The van der Waals surface area contributed by atoms with E-state index in [1.165, 1.54) is 70.6 Å². The van der Waals surface area contributed by atoms with Gasteiger partial charge in [0.2, 0.25) is 0 Å². The van der Waals surface area contributed by atoms with Crippen molar-refractivity contribution in [3.63, 3.8) is 0 Å². The van der Waals surface area contributed by atoms with Crippen molar-refractivity contribution in [1.82, 2.24) is 0 Å². The molecular weight excluding hydrogens is 384 g/mol. The first-order chi connectivity index (χ1) is 14.5. The third-order valence-corrected chi connectivity index (χ3v) is 6.00. The molecule has 30 heavy (non-hydrogen) atoms. The van der Waals surface area contributed by atoms with E-state index in [1.807, 2.05) is 0 Å². The van der Waals surface area contributed by atoms with Crippen molar-refractivity contribution < 1.29 is 29.6 Å². The molecule has 1 aliphatic rings. The van der Waals surface area contributed by atoms with Crippen LogP contribution in [0.15, 0.2) is 0 Å². The van der Waals surface area contributed by atoms with E-state index in [-0.39, 0.29) is 6.10 Å². The van der Waals surface area contributed by atoms with Crippen molar-refractivity contribution >= 4 is 5.97 Å². The van der Waals surface area contributed by atoms with Crippen molar-refractivity contribution in [3.8, 4) is 0 Å². The Morgan fingerprint density at radius 2 is 1.20 bits per heavy atom. The Kier molecular flexibility index (Phi) is 16.3. The zero-order chi connectivity index (χ0) is 22.0. The monoisotopic (exact) mass is 430 g/mol. The molecule has 0 aromatic carbocycles. The number of carboxylic acids is 1. The molecule has 1 rings (SSSR count). The summed E-state index contributed by atoms with van der Waals surface area (Å²) in [5.41, 5.74) is 0. The first-order valence-corrected chi connectivity index (χ1v) is 12.4. The molecule has 4 unspecified atom stereocenters. The number of carboxylic acid groups (broad SMARTS) is 1. The summed E-state index contributed by atoms with van der Waals surface area (Å²) < 4.78 is 11.1. The minimum absolute atomic E-state index is 0.283. The highest BCUT2D eigenvalue weighted by atomic mass is 16.7. The molecule has 1 heterocycles. The molecule has 0 aliphatic carbocycles. The largest absolute Gasteiger partial charge is 0.481 e. The predicted octanol–water partition coefficient (Wildman–Crippen LogP) is 5.19. The van der Waals surface area contributed by atoms with Gasteiger partial charge in [-0.15, -0.1) is 0 Å². The fourth-order valence-corrected chi connectivity index (χ4v) is 3.97. The maximum absolute atomic E-state index is 10.4. The van der Waals surface area contributed by atoms with E-state index in [4.69, 9.17) is 14.6 Å². The maximum atomic E-state index is 10.4. The molecule has 4 atom stereocenters. The van der Waals surface area contributed by atoms with Crippen molar-refractivity contribution in [2.45, 2.75) is 141 Å². The summed E-state index contributed by atoms with van der Waals surface area (Å²) in [5.74, 6) is -0.675. The number of ether oxygens (including phenoxy) is 2. The van der Waals surface area contributed by atoms with Crippen molar-refractivity contribution in [2.24, 2.45) is 0 Å². The smallest absolute Gasteiger partial charge is 0.303 e. The molecule has 1 saturated heterocycles. The lowest BCUT2D eigenvalue weighted by Gasteiger charge is -2.35. The Morgan fingerprint density at radius 1 is 0.767 bits per heavy atom. The predicted molar refractivity (Wildman–Crippen MR) is 118 cm³/mol. The SMILES string of the molecule is CC1OC(OCCCCCCCCCCCCCCCCCC(=O)O)C(O)CC1O. The Balaban J connectivity index is 1.75. The summed E-state index contributed by atoms with van der Waals surface area (Å²) in [4.78, 5) is 10.4. The van der Waals surface area contributed by atoms with E-state index >= 15 is 0 Å². The third-order valence-electron chi connectivity index (χ3n) is 6.00. The van der Waals surface area contributed by atoms with Crippen LogP contribution >= 0.6 is 0 Å². The fourth-order valence-electron chi connectivity index (χ4n) is 3.97. The van der Waals surface area contributed by atoms with Crippen LogP contribution in [-0.2, 0) is 14.3 Å². The number of aliphatic hydroxyl groups excluding tert-OH is 2. The number of hydrogen-bond acceptors (Lipinski definition) is 5. The highest BCUT2D eigenvalue weighted by Crippen LogP contribution is 2.21. The van der Waals surface area contributed by atoms with E-state index in [0.717, 1.165) is 25.7 Å². The Morgan fingerprint density at radius 3 is 1.67 bits per heavy atom. The highest BCUT2D eigenvalue weighted by molar-refractivity contribution is 5.66. The van der Waals surface area contributed by atoms with E-state index < -0.39 is 24.5 Å². The number of rotatable bonds is 19. The van der Waals surface area contributed by atoms with Crippen LogP contribution in [0.4, 0.5) is 0 Å². The van der Waals surface area contributed by atoms with Gasteiger partial charge in [0.25, 0.3) is 0 Å². The molecule has 178 valence electrons. The van der Waals surface area contributed by atoms with Gasteiger partial charge in [0.05, 0.1) is 12.2 Å². The highest BCUT2D eigenvalue weighted by Gasteiger charge is 2.34. The molecule has 0 radical (unpaired) electrons. The lowest BCUT2D eigenvalue weighted by Crippen LogP contribution is -2.47. The van der Waals surface area contributed by atoms with Gasteiger partial charge in [0.15, 0.2) is 6.29 Å². The average Bonchev–Trinajstić information content (AvgIpc) is 2.70. The van der Waals surface area contributed by atoms with E-state index in [9.17, 15) is 15.0 Å². The zero-order valence-corrected chi connectivity index (χ0v) is 19.1. The molecule has 0 bridgehead atoms. The van der Waals surface area contributed by atoms with E-state index in [2.05, 4.69) is 0 Å². The van der Waals surface area contributed by atoms with Crippen molar-refractivity contribution in [2.75, 3.05) is 6.61 Å². The van der Waals surface area contributed by atoms with Gasteiger partial charge in [-0.05, 0) is 19.8 Å². The van der Waals surface area contributed by atoms with Crippen LogP contribution in [0.2, 0.25) is 0 Å². The molecule has 6 heteroatoms. The van der Waals surface area contributed by atoms with Gasteiger partial charge < -0.3 is 24.8 Å². The van der Waals surface area contributed by atoms with Gasteiger partial charge in [-0.1, -0.05) is 83.5 Å². The van der Waals surface area contributed by atoms with Crippen LogP contribution in [-0.4, -0.2) is 52.5 Å². The van der Waals surface area contributed by atoms with Gasteiger partial charge in [0, 0.05) is 19.4 Å². The van der Waals surface area contributed by atoms with Crippen LogP contribution in [0.25, 0.3) is 0 Å². The Bertz CT molecular complexity index is 417. The molecule has 0 aromatic rings. The van der Waals surface area contributed by atoms with Crippen LogP contribution in [0.5, 0.6) is 0 Å². The number of carbonyl (C=O) groups is 1. The first-order valence-electron chi connectivity index (χ1n) is 12.4. The van der Waals surface area contributed by atoms with Gasteiger partial charge >= 0.3 is 5.97 Å². The van der Waals surface area contributed by atoms with Crippen LogP contribution in [0.1, 0.15) is 116 Å². The van der Waals surface area contributed by atoms with E-state index in [0.29, 0.717) is 19.4 Å². The number of hydrogen-bond donors (Lipinski definition) is 3. The van der Waals surface area contributed by atoms with Crippen LogP contribution < -0.4 is 0 Å². The summed E-state index contributed by atoms with van der Waals surface area (Å²) in [6.07, 6.45) is 16.6. The standard InChI is InChI=1S/C24H46O6/c1-20-21(25)19-22(26)24(30-20)29-18-16-14-12-10-8-6-4-2-3-5-7-9-11-13-15-17-23(27)28/h20-22,24-26H,2-19H2,1H3,(H,27,28). The summed E-state index contributed by atoms with van der Waals surface area (Å²) in [6, 6.07) is 0. The normalized spacial score (nSPS) is 24.2. The van der Waals surface area contributed by atoms with Crippen LogP contribution in [0, 0.1) is 0 Å². The molecule has 0 saturated carbocycles. The van der Waals surface area contributed by atoms with Crippen LogP contribution in [0.3, 0.4) is 0 Å². The minimum Gasteiger partial charge on any atom is -0.481 e. The average molecular weight is 431 g/mol. The molecule has 6 nitrogen and oxygen atoms in total. The summed E-state index contributed by atoms with van der Waals surface area (Å²) in [5, 5.41) is 28.1.